The van der Waals surface area contributed by atoms with Gasteiger partial charge in [0.1, 0.15) is 0 Å². The van der Waals surface area contributed by atoms with Gasteiger partial charge in [-0.2, -0.15) is 0 Å². The second kappa shape index (κ2) is 10.5. The molecule has 1 N–H and O–H groups in total. The number of aliphatic hydroxyl groups is 1. The summed E-state index contributed by atoms with van der Waals surface area (Å²) in [6.45, 7) is 19.8. The molecule has 0 saturated heterocycles. The standard InChI is InChI=1S/C39H58O3/c1-26(2)28-17-22-39(34(41)42-25-11-14-27-12-9-8-10-13-27)24-23-37(6)29(33(28)39)15-16-31-36(5)20-19-32(40)35(3,4)30(36)18-21-38(31,37)7/h8-10,12-13,28-33,40H,1,11,14-25H2,2-7H3/t28-,29+,30-,31+,32-,33+,36-,37+,38+,39-/m0/s1. The van der Waals surface area contributed by atoms with Crippen LogP contribution in [0.2, 0.25) is 0 Å². The summed E-state index contributed by atoms with van der Waals surface area (Å²) in [4.78, 5) is 14.2. The van der Waals surface area contributed by atoms with Crippen molar-refractivity contribution in [3.63, 3.8) is 0 Å². The van der Waals surface area contributed by atoms with Crippen molar-refractivity contribution >= 4 is 5.97 Å². The van der Waals surface area contributed by atoms with Crippen molar-refractivity contribution in [2.45, 2.75) is 125 Å². The van der Waals surface area contributed by atoms with Gasteiger partial charge in [0.2, 0.25) is 0 Å². The van der Waals surface area contributed by atoms with Crippen LogP contribution >= 0.6 is 0 Å². The fraction of sp³-hybridized carbons (Fsp3) is 0.769. The Balaban J connectivity index is 1.26. The average Bonchev–Trinajstić information content (AvgIpc) is 3.36. The van der Waals surface area contributed by atoms with Gasteiger partial charge in [-0.1, -0.05) is 77.1 Å². The van der Waals surface area contributed by atoms with Gasteiger partial charge in [0.15, 0.2) is 0 Å². The lowest BCUT2D eigenvalue weighted by Crippen LogP contribution is -2.67. The van der Waals surface area contributed by atoms with Gasteiger partial charge >= 0.3 is 5.97 Å². The molecule has 0 amide bonds. The molecule has 0 heterocycles. The van der Waals surface area contributed by atoms with E-state index in [-0.39, 0.29) is 39.1 Å². The van der Waals surface area contributed by atoms with Gasteiger partial charge in [-0.15, -0.1) is 0 Å². The highest BCUT2D eigenvalue weighted by Crippen LogP contribution is 2.77. The van der Waals surface area contributed by atoms with Crippen molar-refractivity contribution < 1.29 is 14.6 Å². The SMILES string of the molecule is C=C(C)[C@@H]1CC[C@]2(C(=O)OCCCc3ccccc3)CC[C@]3(C)[C@H](CC[C@@H]4[C@@]5(C)CC[C@H](O)C(C)(C)[C@@H]5CC[C@]43C)[C@@H]12. The summed E-state index contributed by atoms with van der Waals surface area (Å²) in [7, 11) is 0. The van der Waals surface area contributed by atoms with Crippen LogP contribution in [0.15, 0.2) is 42.5 Å². The Labute approximate surface area is 256 Å². The minimum absolute atomic E-state index is 0.0193. The molecule has 0 bridgehead atoms. The van der Waals surface area contributed by atoms with Crippen LogP contribution in [-0.2, 0) is 16.0 Å². The zero-order chi connectivity index (χ0) is 30.1. The van der Waals surface area contributed by atoms with Crippen molar-refractivity contribution in [1.82, 2.24) is 0 Å². The van der Waals surface area contributed by atoms with Gasteiger partial charge in [-0.05, 0) is 141 Å². The number of carbonyl (C=O) groups excluding carboxylic acids is 1. The molecule has 3 heteroatoms. The first-order chi connectivity index (χ1) is 19.8. The van der Waals surface area contributed by atoms with E-state index in [0.29, 0.717) is 36.2 Å². The molecule has 3 nitrogen and oxygen atoms in total. The predicted molar refractivity (Wildman–Crippen MR) is 171 cm³/mol. The lowest BCUT2D eigenvalue weighted by Gasteiger charge is -2.72. The van der Waals surface area contributed by atoms with Crippen LogP contribution in [0.25, 0.3) is 0 Å². The second-order valence-electron chi connectivity index (χ2n) is 16.9. The Morgan fingerprint density at radius 2 is 1.62 bits per heavy atom. The zero-order valence-corrected chi connectivity index (χ0v) is 27.5. The molecule has 0 spiro atoms. The smallest absolute Gasteiger partial charge is 0.312 e. The molecule has 0 aromatic heterocycles. The Morgan fingerprint density at radius 3 is 2.33 bits per heavy atom. The molecule has 1 aromatic rings. The number of benzene rings is 1. The summed E-state index contributed by atoms with van der Waals surface area (Å²) >= 11 is 0. The molecule has 0 radical (unpaired) electrons. The number of aryl methyl sites for hydroxylation is 1. The van der Waals surface area contributed by atoms with Crippen molar-refractivity contribution in [3.05, 3.63) is 48.0 Å². The van der Waals surface area contributed by atoms with Gasteiger partial charge in [-0.3, -0.25) is 4.79 Å². The van der Waals surface area contributed by atoms with Crippen LogP contribution in [0.4, 0.5) is 0 Å². The van der Waals surface area contributed by atoms with Crippen LogP contribution in [-0.4, -0.2) is 23.8 Å². The van der Waals surface area contributed by atoms with E-state index in [0.717, 1.165) is 51.4 Å². The molecule has 5 aliphatic rings. The summed E-state index contributed by atoms with van der Waals surface area (Å²) in [6.07, 6.45) is 12.8. The van der Waals surface area contributed by atoms with E-state index < -0.39 is 0 Å². The van der Waals surface area contributed by atoms with Gasteiger partial charge < -0.3 is 9.84 Å². The number of carbonyl (C=O) groups is 1. The molecule has 1 aromatic carbocycles. The van der Waals surface area contributed by atoms with Gasteiger partial charge in [0.05, 0.1) is 18.1 Å². The molecule has 10 atom stereocenters. The molecule has 6 rings (SSSR count). The Bertz CT molecular complexity index is 1190. The Morgan fingerprint density at radius 1 is 0.881 bits per heavy atom. The predicted octanol–water partition coefficient (Wildman–Crippen LogP) is 9.18. The molecule has 42 heavy (non-hydrogen) atoms. The van der Waals surface area contributed by atoms with Crippen LogP contribution in [0, 0.1) is 56.7 Å². The average molecular weight is 575 g/mol. The molecule has 5 fully saturated rings. The van der Waals surface area contributed by atoms with Crippen LogP contribution < -0.4 is 0 Å². The Kier molecular flexibility index (Phi) is 7.60. The molecular weight excluding hydrogens is 516 g/mol. The van der Waals surface area contributed by atoms with E-state index >= 15 is 0 Å². The first-order valence-electron chi connectivity index (χ1n) is 17.4. The number of hydrogen-bond acceptors (Lipinski definition) is 3. The van der Waals surface area contributed by atoms with Crippen molar-refractivity contribution in [2.24, 2.45) is 56.7 Å². The first kappa shape index (κ1) is 30.4. The molecule has 5 saturated carbocycles. The maximum Gasteiger partial charge on any atom is 0.312 e. The highest BCUT2D eigenvalue weighted by atomic mass is 16.5. The fourth-order valence-electron chi connectivity index (χ4n) is 12.7. The van der Waals surface area contributed by atoms with E-state index in [9.17, 15) is 9.90 Å². The van der Waals surface area contributed by atoms with Crippen LogP contribution in [0.1, 0.15) is 118 Å². The van der Waals surface area contributed by atoms with Gasteiger partial charge in [0.25, 0.3) is 0 Å². The van der Waals surface area contributed by atoms with Crippen LogP contribution in [0.3, 0.4) is 0 Å². The number of hydrogen-bond donors (Lipinski definition) is 1. The second-order valence-corrected chi connectivity index (χ2v) is 16.9. The molecular formula is C39H58O3. The molecule has 5 aliphatic carbocycles. The number of fused-ring (bicyclic) bond motifs is 7. The van der Waals surface area contributed by atoms with Crippen LogP contribution in [0.5, 0.6) is 0 Å². The molecule has 232 valence electrons. The summed E-state index contributed by atoms with van der Waals surface area (Å²) < 4.78 is 6.21. The van der Waals surface area contributed by atoms with E-state index in [4.69, 9.17) is 4.74 Å². The topological polar surface area (TPSA) is 46.5 Å². The molecule has 0 unspecified atom stereocenters. The quantitative estimate of drug-likeness (QED) is 0.209. The van der Waals surface area contributed by atoms with Crippen molar-refractivity contribution in [3.8, 4) is 0 Å². The minimum atomic E-state index is -0.345. The number of ether oxygens (including phenoxy) is 1. The number of allylic oxidation sites excluding steroid dienone is 1. The monoisotopic (exact) mass is 574 g/mol. The fourth-order valence-corrected chi connectivity index (χ4v) is 12.7. The normalized spacial score (nSPS) is 45.6. The largest absolute Gasteiger partial charge is 0.465 e. The number of esters is 1. The third-order valence-electron chi connectivity index (χ3n) is 15.1. The maximum atomic E-state index is 14.2. The van der Waals surface area contributed by atoms with E-state index in [2.05, 4.69) is 78.5 Å². The highest BCUT2D eigenvalue weighted by molar-refractivity contribution is 5.78. The number of rotatable bonds is 6. The van der Waals surface area contributed by atoms with E-state index in [1.54, 1.807) is 0 Å². The van der Waals surface area contributed by atoms with Gasteiger partial charge in [0, 0.05) is 0 Å². The van der Waals surface area contributed by atoms with Crippen molar-refractivity contribution in [2.75, 3.05) is 6.61 Å². The third-order valence-corrected chi connectivity index (χ3v) is 15.1. The molecule has 0 aliphatic heterocycles. The maximum absolute atomic E-state index is 14.2. The van der Waals surface area contributed by atoms with E-state index in [1.165, 1.54) is 36.8 Å². The number of aliphatic hydroxyl groups excluding tert-OH is 1. The Hall–Kier alpha value is -1.61. The van der Waals surface area contributed by atoms with Crippen molar-refractivity contribution in [1.29, 1.82) is 0 Å². The first-order valence-corrected chi connectivity index (χ1v) is 17.4. The summed E-state index contributed by atoms with van der Waals surface area (Å²) in [5.74, 6) is 2.66. The highest BCUT2D eigenvalue weighted by Gasteiger charge is 2.72. The summed E-state index contributed by atoms with van der Waals surface area (Å²) in [5.41, 5.74) is 2.96. The lowest BCUT2D eigenvalue weighted by atomic mass is 9.32. The zero-order valence-electron chi connectivity index (χ0n) is 27.5. The summed E-state index contributed by atoms with van der Waals surface area (Å²) in [6, 6.07) is 10.5. The lowest BCUT2D eigenvalue weighted by molar-refractivity contribution is -0.248. The van der Waals surface area contributed by atoms with E-state index in [1.807, 2.05) is 0 Å². The third kappa shape index (κ3) is 4.25. The minimum Gasteiger partial charge on any atom is -0.465 e. The summed E-state index contributed by atoms with van der Waals surface area (Å²) in [5, 5.41) is 11.0. The van der Waals surface area contributed by atoms with Gasteiger partial charge in [-0.25, -0.2) is 0 Å².